The molecule has 0 spiro atoms. The molecule has 0 fully saturated rings. The summed E-state index contributed by atoms with van der Waals surface area (Å²) in [7, 11) is 1.54. The van der Waals surface area contributed by atoms with E-state index in [4.69, 9.17) is 10.5 Å². The van der Waals surface area contributed by atoms with Crippen molar-refractivity contribution in [3.63, 3.8) is 0 Å². The number of hydrogen-bond acceptors (Lipinski definition) is 4. The summed E-state index contributed by atoms with van der Waals surface area (Å²) in [4.78, 5) is 15.6. The zero-order chi connectivity index (χ0) is 12.0. The number of pyridine rings is 1. The van der Waals surface area contributed by atoms with E-state index in [1.807, 2.05) is 13.0 Å². The topological polar surface area (TPSA) is 77.2 Å². The Balaban J connectivity index is 2.51. The quantitative estimate of drug-likeness (QED) is 0.770. The predicted molar refractivity (Wildman–Crippen MR) is 62.1 cm³/mol. The normalized spacial score (nSPS) is 12.2. The Morgan fingerprint density at radius 1 is 1.69 bits per heavy atom. The van der Waals surface area contributed by atoms with Crippen LogP contribution in [0.1, 0.15) is 12.1 Å². The maximum absolute atomic E-state index is 11.6. The number of nitrogens with one attached hydrogen (secondary N) is 1. The van der Waals surface area contributed by atoms with Gasteiger partial charge in [0.05, 0.1) is 12.5 Å². The Morgan fingerprint density at radius 2 is 2.44 bits per heavy atom. The second kappa shape index (κ2) is 6.19. The minimum Gasteiger partial charge on any atom is -0.380 e. The van der Waals surface area contributed by atoms with Gasteiger partial charge in [-0.25, -0.2) is 0 Å². The molecule has 0 bridgehead atoms. The molecule has 16 heavy (non-hydrogen) atoms. The predicted octanol–water partition coefficient (Wildman–Crippen LogP) is 0.692. The van der Waals surface area contributed by atoms with E-state index in [1.54, 1.807) is 19.4 Å². The first-order valence-corrected chi connectivity index (χ1v) is 5.11. The van der Waals surface area contributed by atoms with Gasteiger partial charge in [-0.05, 0) is 19.1 Å². The average molecular weight is 223 g/mol. The van der Waals surface area contributed by atoms with Crippen molar-refractivity contribution in [1.29, 1.82) is 0 Å². The lowest BCUT2D eigenvalue weighted by atomic mass is 10.2. The molecular formula is C11H17N3O2. The zero-order valence-corrected chi connectivity index (χ0v) is 9.56. The summed E-state index contributed by atoms with van der Waals surface area (Å²) in [6, 6.07) is 3.55. The Morgan fingerprint density at radius 3 is 3.00 bits per heavy atom. The molecule has 88 valence electrons. The van der Waals surface area contributed by atoms with Crippen LogP contribution in [-0.4, -0.2) is 30.6 Å². The van der Waals surface area contributed by atoms with Gasteiger partial charge >= 0.3 is 0 Å². The smallest absolute Gasteiger partial charge is 0.227 e. The molecule has 0 aliphatic heterocycles. The zero-order valence-electron chi connectivity index (χ0n) is 9.56. The fraction of sp³-hybridized carbons (Fsp3) is 0.455. The molecule has 0 radical (unpaired) electrons. The fourth-order valence-corrected chi connectivity index (χ4v) is 1.31. The number of carbonyl (C=O) groups is 1. The van der Waals surface area contributed by atoms with E-state index in [-0.39, 0.29) is 18.4 Å². The van der Waals surface area contributed by atoms with Crippen molar-refractivity contribution in [1.82, 2.24) is 4.98 Å². The number of nitrogens with two attached hydrogens (primary N) is 1. The Kier molecular flexibility index (Phi) is 4.88. The van der Waals surface area contributed by atoms with Gasteiger partial charge in [-0.3, -0.25) is 9.78 Å². The maximum Gasteiger partial charge on any atom is 0.227 e. The van der Waals surface area contributed by atoms with Crippen LogP contribution in [0.5, 0.6) is 0 Å². The van der Waals surface area contributed by atoms with Gasteiger partial charge in [-0.15, -0.1) is 0 Å². The van der Waals surface area contributed by atoms with E-state index in [9.17, 15) is 4.79 Å². The molecule has 1 aromatic heterocycles. The van der Waals surface area contributed by atoms with E-state index < -0.39 is 0 Å². The summed E-state index contributed by atoms with van der Waals surface area (Å²) in [6.45, 7) is 2.20. The highest BCUT2D eigenvalue weighted by molar-refractivity contribution is 5.91. The Hall–Kier alpha value is -1.46. The van der Waals surface area contributed by atoms with E-state index in [0.717, 1.165) is 11.4 Å². The molecule has 5 nitrogen and oxygen atoms in total. The van der Waals surface area contributed by atoms with Gasteiger partial charge in [0.25, 0.3) is 0 Å². The van der Waals surface area contributed by atoms with Crippen molar-refractivity contribution >= 4 is 11.6 Å². The third-order valence-electron chi connectivity index (χ3n) is 2.19. The number of carbonyl (C=O) groups excluding carboxylic acids is 1. The van der Waals surface area contributed by atoms with Crippen LogP contribution >= 0.6 is 0 Å². The van der Waals surface area contributed by atoms with Gasteiger partial charge < -0.3 is 15.8 Å². The van der Waals surface area contributed by atoms with Crippen LogP contribution in [-0.2, 0) is 9.53 Å². The summed E-state index contributed by atoms with van der Waals surface area (Å²) in [6.07, 6.45) is 1.68. The third kappa shape index (κ3) is 3.96. The lowest BCUT2D eigenvalue weighted by Crippen LogP contribution is -2.28. The molecule has 0 aliphatic rings. The molecule has 0 saturated heterocycles. The van der Waals surface area contributed by atoms with E-state index in [0.29, 0.717) is 6.54 Å². The van der Waals surface area contributed by atoms with E-state index >= 15 is 0 Å². The molecule has 1 atom stereocenters. The monoisotopic (exact) mass is 223 g/mol. The van der Waals surface area contributed by atoms with Crippen molar-refractivity contribution in [2.75, 3.05) is 19.0 Å². The molecule has 1 rings (SSSR count). The molecule has 0 aliphatic carbocycles. The second-order valence-electron chi connectivity index (χ2n) is 3.53. The summed E-state index contributed by atoms with van der Waals surface area (Å²) in [5, 5.41) is 2.77. The Bertz CT molecular complexity index is 351. The number of hydrogen-bond donors (Lipinski definition) is 2. The summed E-state index contributed by atoms with van der Waals surface area (Å²) in [5.74, 6) is -0.108. The van der Waals surface area contributed by atoms with Crippen LogP contribution in [0.4, 0.5) is 5.69 Å². The minimum absolute atomic E-state index is 0.108. The highest BCUT2D eigenvalue weighted by atomic mass is 16.5. The van der Waals surface area contributed by atoms with Crippen LogP contribution in [0, 0.1) is 6.92 Å². The molecule has 1 unspecified atom stereocenters. The molecular weight excluding hydrogens is 206 g/mol. The maximum atomic E-state index is 11.6. The molecule has 0 saturated carbocycles. The fourth-order valence-electron chi connectivity index (χ4n) is 1.31. The van der Waals surface area contributed by atoms with Crippen molar-refractivity contribution < 1.29 is 9.53 Å². The summed E-state index contributed by atoms with van der Waals surface area (Å²) in [5.41, 5.74) is 7.04. The van der Waals surface area contributed by atoms with Gasteiger partial charge in [-0.1, -0.05) is 0 Å². The van der Waals surface area contributed by atoms with Crippen molar-refractivity contribution in [2.24, 2.45) is 5.73 Å². The minimum atomic E-state index is -0.233. The lowest BCUT2D eigenvalue weighted by molar-refractivity contribution is -0.118. The lowest BCUT2D eigenvalue weighted by Gasteiger charge is -2.12. The molecule has 1 heterocycles. The average Bonchev–Trinajstić information content (AvgIpc) is 2.26. The van der Waals surface area contributed by atoms with Gasteiger partial charge in [0, 0.05) is 31.2 Å². The first-order chi connectivity index (χ1) is 7.65. The number of anilines is 1. The molecule has 1 aromatic rings. The van der Waals surface area contributed by atoms with Crippen LogP contribution in [0.25, 0.3) is 0 Å². The number of nitrogens with zero attached hydrogens (tertiary/aromatic N) is 1. The van der Waals surface area contributed by atoms with Gasteiger partial charge in [0.15, 0.2) is 0 Å². The first kappa shape index (κ1) is 12.6. The summed E-state index contributed by atoms with van der Waals surface area (Å²) >= 11 is 0. The number of rotatable bonds is 5. The summed E-state index contributed by atoms with van der Waals surface area (Å²) < 4.78 is 5.03. The van der Waals surface area contributed by atoms with Crippen LogP contribution in [0.15, 0.2) is 18.3 Å². The van der Waals surface area contributed by atoms with Gasteiger partial charge in [0.1, 0.15) is 0 Å². The number of methoxy groups -OCH3 is 1. The first-order valence-electron chi connectivity index (χ1n) is 5.11. The van der Waals surface area contributed by atoms with Gasteiger partial charge in [0.2, 0.25) is 5.91 Å². The molecule has 1 amide bonds. The highest BCUT2D eigenvalue weighted by Gasteiger charge is 2.11. The highest BCUT2D eigenvalue weighted by Crippen LogP contribution is 2.08. The molecule has 5 heteroatoms. The van der Waals surface area contributed by atoms with E-state index in [2.05, 4.69) is 10.3 Å². The van der Waals surface area contributed by atoms with Gasteiger partial charge in [-0.2, -0.15) is 0 Å². The largest absolute Gasteiger partial charge is 0.380 e. The Labute approximate surface area is 95.0 Å². The number of aromatic nitrogens is 1. The second-order valence-corrected chi connectivity index (χ2v) is 3.53. The van der Waals surface area contributed by atoms with Crippen molar-refractivity contribution in [3.8, 4) is 0 Å². The number of amides is 1. The third-order valence-corrected chi connectivity index (χ3v) is 2.19. The van der Waals surface area contributed by atoms with E-state index in [1.165, 1.54) is 0 Å². The van der Waals surface area contributed by atoms with Crippen LogP contribution < -0.4 is 11.1 Å². The standard InChI is InChI=1S/C11H17N3O2/c1-8-5-9(3-4-13-8)14-11(15)6-10(7-12)16-2/h3-5,10H,6-7,12H2,1-2H3,(H,13,14,15). The number of ether oxygens (including phenoxy) is 1. The van der Waals surface area contributed by atoms with Crippen molar-refractivity contribution in [3.05, 3.63) is 24.0 Å². The molecule has 3 N–H and O–H groups in total. The SMILES string of the molecule is COC(CN)CC(=O)Nc1ccnc(C)c1. The van der Waals surface area contributed by atoms with Crippen LogP contribution in [0.3, 0.4) is 0 Å². The molecule has 0 aromatic carbocycles. The number of aryl methyl sites for hydroxylation is 1. The van der Waals surface area contributed by atoms with Crippen LogP contribution in [0.2, 0.25) is 0 Å². The van der Waals surface area contributed by atoms with Crippen molar-refractivity contribution in [2.45, 2.75) is 19.4 Å².